The molecule has 1 rings (SSSR count). The molecule has 0 saturated carbocycles. The number of sulfonamides is 1. The largest absolute Gasteiger partial charge is 0.399 e. The molecule has 0 aliphatic heterocycles. The van der Waals surface area contributed by atoms with Gasteiger partial charge in [-0.1, -0.05) is 13.3 Å². The van der Waals surface area contributed by atoms with Crippen molar-refractivity contribution in [2.24, 2.45) is 0 Å². The molecule has 102 valence electrons. The summed E-state index contributed by atoms with van der Waals surface area (Å²) in [5, 5.41) is 0. The molecule has 7 heteroatoms. The van der Waals surface area contributed by atoms with E-state index in [-0.39, 0.29) is 10.9 Å². The number of benzene rings is 1. The van der Waals surface area contributed by atoms with E-state index in [1.807, 2.05) is 13.8 Å². The van der Waals surface area contributed by atoms with Gasteiger partial charge in [0.2, 0.25) is 10.0 Å². The number of hydrogen-bond acceptors (Lipinski definition) is 3. The van der Waals surface area contributed by atoms with Crippen molar-refractivity contribution in [3.63, 3.8) is 0 Å². The third kappa shape index (κ3) is 3.94. The van der Waals surface area contributed by atoms with Crippen molar-refractivity contribution >= 4 is 47.6 Å². The van der Waals surface area contributed by atoms with Crippen molar-refractivity contribution in [2.45, 2.75) is 37.6 Å². The third-order valence-corrected chi connectivity index (χ3v) is 5.83. The molecule has 0 heterocycles. The van der Waals surface area contributed by atoms with E-state index in [0.717, 1.165) is 12.8 Å². The summed E-state index contributed by atoms with van der Waals surface area (Å²) >= 11 is 6.47. The Hall–Kier alpha value is -0.110. The van der Waals surface area contributed by atoms with E-state index < -0.39 is 10.0 Å². The third-order valence-electron chi connectivity index (χ3n) is 2.37. The number of rotatable bonds is 5. The summed E-state index contributed by atoms with van der Waals surface area (Å²) < 4.78 is 28.1. The second kappa shape index (κ2) is 6.36. The highest BCUT2D eigenvalue weighted by Crippen LogP contribution is 2.32. The van der Waals surface area contributed by atoms with Gasteiger partial charge in [0.15, 0.2) is 0 Å². The fourth-order valence-corrected chi connectivity index (χ4v) is 5.55. The summed E-state index contributed by atoms with van der Waals surface area (Å²) in [5.74, 6) is 0. The molecule has 1 unspecified atom stereocenters. The predicted molar refractivity (Wildman–Crippen MR) is 80.9 cm³/mol. The first-order chi connectivity index (χ1) is 8.27. The lowest BCUT2D eigenvalue weighted by atomic mass is 10.2. The zero-order chi connectivity index (χ0) is 13.9. The monoisotopic (exact) mass is 398 g/mol. The maximum atomic E-state index is 12.3. The van der Waals surface area contributed by atoms with Gasteiger partial charge in [0.05, 0.1) is 0 Å². The van der Waals surface area contributed by atoms with Crippen molar-refractivity contribution < 1.29 is 8.42 Å². The molecule has 3 N–H and O–H groups in total. The van der Waals surface area contributed by atoms with Crippen LogP contribution in [0.15, 0.2) is 26.0 Å². The fraction of sp³-hybridized carbons (Fsp3) is 0.455. The molecule has 4 nitrogen and oxygen atoms in total. The van der Waals surface area contributed by atoms with E-state index in [0.29, 0.717) is 14.6 Å². The first-order valence-corrected chi connectivity index (χ1v) is 8.61. The molecule has 0 spiro atoms. The van der Waals surface area contributed by atoms with Crippen molar-refractivity contribution in [3.8, 4) is 0 Å². The molecular weight excluding hydrogens is 384 g/mol. The molecular formula is C11H16Br2N2O2S. The number of anilines is 1. The van der Waals surface area contributed by atoms with Crippen LogP contribution in [-0.4, -0.2) is 14.5 Å². The Morgan fingerprint density at radius 3 is 2.28 bits per heavy atom. The summed E-state index contributed by atoms with van der Waals surface area (Å²) in [5.41, 5.74) is 6.14. The van der Waals surface area contributed by atoms with Gasteiger partial charge in [-0.05, 0) is 57.3 Å². The van der Waals surface area contributed by atoms with Crippen LogP contribution >= 0.6 is 31.9 Å². The van der Waals surface area contributed by atoms with E-state index in [2.05, 4.69) is 36.6 Å². The van der Waals surface area contributed by atoms with Crippen LogP contribution in [0.4, 0.5) is 5.69 Å². The van der Waals surface area contributed by atoms with Gasteiger partial charge in [0.1, 0.15) is 4.90 Å². The van der Waals surface area contributed by atoms with Gasteiger partial charge in [-0.25, -0.2) is 13.1 Å². The van der Waals surface area contributed by atoms with Crippen LogP contribution in [0.1, 0.15) is 26.7 Å². The lowest BCUT2D eigenvalue weighted by molar-refractivity contribution is 0.543. The summed E-state index contributed by atoms with van der Waals surface area (Å²) in [6.07, 6.45) is 1.72. The van der Waals surface area contributed by atoms with E-state index in [4.69, 9.17) is 5.73 Å². The Morgan fingerprint density at radius 1 is 1.33 bits per heavy atom. The molecule has 0 fully saturated rings. The molecule has 0 amide bonds. The molecule has 0 saturated heterocycles. The number of nitrogen functional groups attached to an aromatic ring is 1. The van der Waals surface area contributed by atoms with E-state index in [1.54, 1.807) is 12.1 Å². The number of hydrogen-bond donors (Lipinski definition) is 2. The minimum Gasteiger partial charge on any atom is -0.399 e. The summed E-state index contributed by atoms with van der Waals surface area (Å²) in [6.45, 7) is 3.86. The molecule has 1 aromatic rings. The fourth-order valence-electron chi connectivity index (χ4n) is 1.65. The molecule has 0 aliphatic carbocycles. The number of nitrogens with one attached hydrogen (secondary N) is 1. The van der Waals surface area contributed by atoms with Crippen LogP contribution in [0, 0.1) is 0 Å². The van der Waals surface area contributed by atoms with Crippen LogP contribution < -0.4 is 10.5 Å². The predicted octanol–water partition coefficient (Wildman–Crippen LogP) is 3.26. The zero-order valence-corrected chi connectivity index (χ0v) is 14.2. The Bertz CT molecular complexity index is 509. The second-order valence-electron chi connectivity index (χ2n) is 4.12. The molecule has 1 atom stereocenters. The van der Waals surface area contributed by atoms with Gasteiger partial charge in [-0.15, -0.1) is 0 Å². The molecule has 0 aromatic heterocycles. The highest BCUT2D eigenvalue weighted by Gasteiger charge is 2.23. The minimum absolute atomic E-state index is 0.101. The maximum Gasteiger partial charge on any atom is 0.243 e. The van der Waals surface area contributed by atoms with Crippen LogP contribution in [-0.2, 0) is 10.0 Å². The Morgan fingerprint density at radius 2 is 1.83 bits per heavy atom. The van der Waals surface area contributed by atoms with E-state index in [1.165, 1.54) is 0 Å². The van der Waals surface area contributed by atoms with Crippen LogP contribution in [0.5, 0.6) is 0 Å². The normalized spacial score (nSPS) is 13.6. The minimum atomic E-state index is -3.56. The zero-order valence-electron chi connectivity index (χ0n) is 10.2. The van der Waals surface area contributed by atoms with Gasteiger partial charge in [0.25, 0.3) is 0 Å². The second-order valence-corrected chi connectivity index (χ2v) is 7.48. The highest BCUT2D eigenvalue weighted by atomic mass is 79.9. The first kappa shape index (κ1) is 15.9. The van der Waals surface area contributed by atoms with Gasteiger partial charge in [-0.2, -0.15) is 0 Å². The average molecular weight is 400 g/mol. The van der Waals surface area contributed by atoms with Crippen molar-refractivity contribution in [1.29, 1.82) is 0 Å². The van der Waals surface area contributed by atoms with Gasteiger partial charge in [0, 0.05) is 20.7 Å². The van der Waals surface area contributed by atoms with Crippen molar-refractivity contribution in [3.05, 3.63) is 21.1 Å². The van der Waals surface area contributed by atoms with Crippen LogP contribution in [0.2, 0.25) is 0 Å². The number of nitrogens with two attached hydrogens (primary N) is 1. The van der Waals surface area contributed by atoms with Crippen LogP contribution in [0.25, 0.3) is 0 Å². The smallest absolute Gasteiger partial charge is 0.243 e. The molecule has 0 aliphatic rings. The highest BCUT2D eigenvalue weighted by molar-refractivity contribution is 9.11. The Labute approximate surface area is 125 Å². The van der Waals surface area contributed by atoms with Gasteiger partial charge in [-0.3, -0.25) is 0 Å². The van der Waals surface area contributed by atoms with E-state index in [9.17, 15) is 8.42 Å². The summed E-state index contributed by atoms with van der Waals surface area (Å²) in [6, 6.07) is 3.05. The topological polar surface area (TPSA) is 72.2 Å². The van der Waals surface area contributed by atoms with Crippen LogP contribution in [0.3, 0.4) is 0 Å². The Kier molecular flexibility index (Phi) is 5.64. The molecule has 18 heavy (non-hydrogen) atoms. The van der Waals surface area contributed by atoms with Crippen molar-refractivity contribution in [2.75, 3.05) is 5.73 Å². The number of halogens is 2. The van der Waals surface area contributed by atoms with Gasteiger partial charge >= 0.3 is 0 Å². The quantitative estimate of drug-likeness (QED) is 0.746. The molecule has 1 aromatic carbocycles. The van der Waals surface area contributed by atoms with E-state index >= 15 is 0 Å². The average Bonchev–Trinajstić information content (AvgIpc) is 2.13. The summed E-state index contributed by atoms with van der Waals surface area (Å²) in [4.78, 5) is 0.180. The SMILES string of the molecule is CCCC(C)NS(=O)(=O)c1c(Br)cc(N)cc1Br. The maximum absolute atomic E-state index is 12.3. The standard InChI is InChI=1S/C11H16Br2N2O2S/c1-3-4-7(2)15-18(16,17)11-9(12)5-8(14)6-10(11)13/h5-7,15H,3-4,14H2,1-2H3. The molecule has 0 bridgehead atoms. The van der Waals surface area contributed by atoms with Gasteiger partial charge < -0.3 is 5.73 Å². The van der Waals surface area contributed by atoms with Crippen molar-refractivity contribution in [1.82, 2.24) is 4.72 Å². The first-order valence-electron chi connectivity index (χ1n) is 5.54. The lowest BCUT2D eigenvalue weighted by Gasteiger charge is -2.15. The molecule has 0 radical (unpaired) electrons. The summed E-state index contributed by atoms with van der Waals surface area (Å²) in [7, 11) is -3.56. The Balaban J connectivity index is 3.13. The lowest BCUT2D eigenvalue weighted by Crippen LogP contribution is -2.32.